The molecular weight excluding hydrogens is 569 g/mol. The van der Waals surface area contributed by atoms with Gasteiger partial charge in [-0.2, -0.15) is 0 Å². The van der Waals surface area contributed by atoms with Crippen molar-refractivity contribution in [2.75, 3.05) is 11.9 Å². The number of hydrogen-bond acceptors (Lipinski definition) is 1. The monoisotopic (exact) mass is 600 g/mol. The van der Waals surface area contributed by atoms with E-state index in [9.17, 15) is 0 Å². The summed E-state index contributed by atoms with van der Waals surface area (Å²) in [6.07, 6.45) is 0. The van der Waals surface area contributed by atoms with Gasteiger partial charge in [0.25, 0.3) is 0 Å². The molecular formula is C45H32N2. The minimum absolute atomic E-state index is 1.16. The van der Waals surface area contributed by atoms with E-state index in [0.29, 0.717) is 0 Å². The van der Waals surface area contributed by atoms with Gasteiger partial charge in [0.1, 0.15) is 0 Å². The maximum atomic E-state index is 2.47. The quantitative estimate of drug-likeness (QED) is 0.191. The van der Waals surface area contributed by atoms with E-state index in [4.69, 9.17) is 0 Å². The molecule has 47 heavy (non-hydrogen) atoms. The van der Waals surface area contributed by atoms with Gasteiger partial charge in [-0.1, -0.05) is 133 Å². The number of nitrogens with zero attached hydrogens (tertiary/aromatic N) is 2. The average Bonchev–Trinajstić information content (AvgIpc) is 3.50. The molecule has 0 aliphatic carbocycles. The molecule has 0 fully saturated rings. The predicted octanol–water partition coefficient (Wildman–Crippen LogP) is 12.2. The summed E-state index contributed by atoms with van der Waals surface area (Å²) in [6.45, 7) is 0. The summed E-state index contributed by atoms with van der Waals surface area (Å²) in [5.41, 5.74) is 10.8. The minimum Gasteiger partial charge on any atom is -0.345 e. The molecule has 0 aliphatic rings. The topological polar surface area (TPSA) is 8.17 Å². The Balaban J connectivity index is 1.18. The van der Waals surface area contributed by atoms with Crippen molar-refractivity contribution in [3.8, 4) is 27.9 Å². The summed E-state index contributed by atoms with van der Waals surface area (Å²) in [7, 11) is 2.11. The number of rotatable bonds is 5. The van der Waals surface area contributed by atoms with Crippen LogP contribution in [0.3, 0.4) is 0 Å². The summed E-state index contributed by atoms with van der Waals surface area (Å²) < 4.78 is 2.47. The lowest BCUT2D eigenvalue weighted by Crippen LogP contribution is -2.08. The highest BCUT2D eigenvalue weighted by Crippen LogP contribution is 2.42. The molecule has 9 rings (SSSR count). The number of hydrogen-bond donors (Lipinski definition) is 0. The van der Waals surface area contributed by atoms with E-state index in [1.54, 1.807) is 0 Å². The molecule has 2 nitrogen and oxygen atoms in total. The van der Waals surface area contributed by atoms with Crippen LogP contribution >= 0.6 is 0 Å². The van der Waals surface area contributed by atoms with Crippen LogP contribution in [0.5, 0.6) is 0 Å². The van der Waals surface area contributed by atoms with E-state index in [2.05, 4.69) is 192 Å². The Hall–Kier alpha value is -6.12. The van der Waals surface area contributed by atoms with Gasteiger partial charge in [-0.15, -0.1) is 0 Å². The molecule has 222 valence electrons. The maximum absolute atomic E-state index is 2.47. The molecule has 9 aromatic rings. The Morgan fingerprint density at radius 1 is 0.426 bits per heavy atom. The zero-order valence-corrected chi connectivity index (χ0v) is 26.1. The molecule has 0 spiro atoms. The molecule has 0 aliphatic heterocycles. The largest absolute Gasteiger partial charge is 0.345 e. The first kappa shape index (κ1) is 27.2. The second-order valence-electron chi connectivity index (χ2n) is 12.3. The highest BCUT2D eigenvalue weighted by atomic mass is 15.1. The Morgan fingerprint density at radius 3 is 1.81 bits per heavy atom. The molecule has 0 unspecified atom stereocenters. The third-order valence-electron chi connectivity index (χ3n) is 9.60. The minimum atomic E-state index is 1.16. The Morgan fingerprint density at radius 2 is 1.02 bits per heavy atom. The van der Waals surface area contributed by atoms with Crippen LogP contribution in [-0.2, 0) is 0 Å². The lowest BCUT2D eigenvalue weighted by molar-refractivity contribution is 1.19. The Bertz CT molecular complexity index is 2560. The number of fused-ring (bicyclic) bond motifs is 6. The highest BCUT2D eigenvalue weighted by Gasteiger charge is 2.18. The van der Waals surface area contributed by atoms with Crippen LogP contribution in [0.15, 0.2) is 176 Å². The third kappa shape index (κ3) is 4.57. The fourth-order valence-electron chi connectivity index (χ4n) is 7.17. The Kier molecular flexibility index (Phi) is 6.39. The van der Waals surface area contributed by atoms with Gasteiger partial charge >= 0.3 is 0 Å². The van der Waals surface area contributed by atoms with Gasteiger partial charge < -0.3 is 9.47 Å². The molecule has 0 amide bonds. The Labute approximate surface area is 274 Å². The second kappa shape index (κ2) is 11.0. The van der Waals surface area contributed by atoms with E-state index < -0.39 is 0 Å². The highest BCUT2D eigenvalue weighted by molar-refractivity contribution is 6.23. The van der Waals surface area contributed by atoms with Crippen LogP contribution in [-0.4, -0.2) is 11.6 Å². The first-order valence-electron chi connectivity index (χ1n) is 16.2. The van der Waals surface area contributed by atoms with Crippen LogP contribution < -0.4 is 4.90 Å². The third-order valence-corrected chi connectivity index (χ3v) is 9.60. The van der Waals surface area contributed by atoms with Crippen LogP contribution in [0.4, 0.5) is 11.4 Å². The molecule has 0 bridgehead atoms. The molecule has 0 N–H and O–H groups in total. The van der Waals surface area contributed by atoms with E-state index in [-0.39, 0.29) is 0 Å². The fourth-order valence-corrected chi connectivity index (χ4v) is 7.17. The van der Waals surface area contributed by atoms with Gasteiger partial charge in [0.15, 0.2) is 0 Å². The summed E-state index contributed by atoms with van der Waals surface area (Å²) in [5.74, 6) is 0. The second-order valence-corrected chi connectivity index (χ2v) is 12.3. The van der Waals surface area contributed by atoms with Crippen LogP contribution in [0.25, 0.3) is 71.3 Å². The fraction of sp³-hybridized carbons (Fsp3) is 0.0222. The zero-order chi connectivity index (χ0) is 31.3. The lowest BCUT2D eigenvalue weighted by Gasteiger charge is -2.19. The van der Waals surface area contributed by atoms with Crippen LogP contribution in [0.2, 0.25) is 0 Å². The van der Waals surface area contributed by atoms with Crippen molar-refractivity contribution in [2.45, 2.75) is 0 Å². The number of aromatic nitrogens is 1. The first-order valence-corrected chi connectivity index (χ1v) is 16.2. The van der Waals surface area contributed by atoms with Gasteiger partial charge in [0, 0.05) is 40.4 Å². The van der Waals surface area contributed by atoms with E-state index in [0.717, 1.165) is 5.69 Å². The van der Waals surface area contributed by atoms with Crippen molar-refractivity contribution in [3.05, 3.63) is 176 Å². The van der Waals surface area contributed by atoms with E-state index in [1.165, 1.54) is 77.0 Å². The smallest absolute Gasteiger partial charge is 0.0619 e. The summed E-state index contributed by atoms with van der Waals surface area (Å²) in [5, 5.41) is 7.59. The number of benzene rings is 8. The van der Waals surface area contributed by atoms with Crippen molar-refractivity contribution < 1.29 is 0 Å². The van der Waals surface area contributed by atoms with Gasteiger partial charge in [-0.05, 0) is 80.7 Å². The molecule has 0 saturated heterocycles. The summed E-state index contributed by atoms with van der Waals surface area (Å²) in [4.78, 5) is 2.21. The van der Waals surface area contributed by atoms with Crippen molar-refractivity contribution in [3.63, 3.8) is 0 Å². The number of para-hydroxylation sites is 2. The first-order chi connectivity index (χ1) is 23.2. The molecule has 1 heterocycles. The van der Waals surface area contributed by atoms with E-state index in [1.807, 2.05) is 0 Å². The van der Waals surface area contributed by atoms with Crippen molar-refractivity contribution in [1.29, 1.82) is 0 Å². The summed E-state index contributed by atoms with van der Waals surface area (Å²) >= 11 is 0. The van der Waals surface area contributed by atoms with Crippen LogP contribution in [0, 0.1) is 0 Å². The van der Waals surface area contributed by atoms with Gasteiger partial charge in [0.2, 0.25) is 0 Å². The standard InChI is InChI=1S/C45H32N2/c1-46(37-13-3-2-4-14-37)38-26-22-33(23-27-38)32-18-20-35(21-19-32)41-16-9-17-42-44-40-15-8-7-11-34(40)25-29-43(44)47(45(41)42)39-28-24-31-10-5-6-12-36(31)30-39/h2-30H,1H3. The van der Waals surface area contributed by atoms with Crippen molar-refractivity contribution in [2.24, 2.45) is 0 Å². The SMILES string of the molecule is CN(c1ccccc1)c1ccc(-c2ccc(-c3cccc4c5c6ccccc6ccc5n(-c5ccc6ccccc6c5)c34)cc2)cc1. The molecule has 0 radical (unpaired) electrons. The van der Waals surface area contributed by atoms with Crippen molar-refractivity contribution in [1.82, 2.24) is 4.57 Å². The van der Waals surface area contributed by atoms with Gasteiger partial charge in [-0.3, -0.25) is 0 Å². The lowest BCUT2D eigenvalue weighted by atomic mass is 9.97. The van der Waals surface area contributed by atoms with Gasteiger partial charge in [-0.25, -0.2) is 0 Å². The van der Waals surface area contributed by atoms with Crippen LogP contribution in [0.1, 0.15) is 0 Å². The molecule has 0 atom stereocenters. The average molecular weight is 601 g/mol. The molecule has 0 saturated carbocycles. The summed E-state index contributed by atoms with van der Waals surface area (Å²) in [6, 6.07) is 63.8. The molecule has 8 aromatic carbocycles. The maximum Gasteiger partial charge on any atom is 0.0619 e. The number of anilines is 2. The molecule has 1 aromatic heterocycles. The molecule has 2 heteroatoms. The van der Waals surface area contributed by atoms with Gasteiger partial charge in [0.05, 0.1) is 11.0 Å². The van der Waals surface area contributed by atoms with E-state index >= 15 is 0 Å². The van der Waals surface area contributed by atoms with Crippen molar-refractivity contribution >= 4 is 54.7 Å². The predicted molar refractivity (Wildman–Crippen MR) is 201 cm³/mol. The normalized spacial score (nSPS) is 11.5. The zero-order valence-electron chi connectivity index (χ0n) is 26.1.